The van der Waals surface area contributed by atoms with Crippen molar-refractivity contribution >= 4 is 11.9 Å². The van der Waals surface area contributed by atoms with Gasteiger partial charge in [0.15, 0.2) is 5.82 Å². The van der Waals surface area contributed by atoms with Gasteiger partial charge in [0.1, 0.15) is 11.8 Å². The first-order valence-electron chi connectivity index (χ1n) is 4.85. The number of hydrogen-bond acceptors (Lipinski definition) is 4. The summed E-state index contributed by atoms with van der Waals surface area (Å²) in [4.78, 5) is 11.4. The number of carbonyl (C=O) groups excluding carboxylic acids is 1. The van der Waals surface area contributed by atoms with Crippen molar-refractivity contribution in [3.05, 3.63) is 5.69 Å². The Kier molecular flexibility index (Phi) is 3.65. The monoisotopic (exact) mass is 212 g/mol. The number of anilines is 1. The van der Waals surface area contributed by atoms with E-state index in [2.05, 4.69) is 20.7 Å². The number of rotatable bonds is 3. The van der Waals surface area contributed by atoms with E-state index in [-0.39, 0.29) is 12.0 Å². The van der Waals surface area contributed by atoms with Crippen molar-refractivity contribution in [2.45, 2.75) is 33.8 Å². The molecule has 1 aromatic rings. The highest BCUT2D eigenvalue weighted by atomic mass is 16.6. The molecule has 0 saturated carbocycles. The Hall–Kier alpha value is -1.59. The molecule has 0 aliphatic heterocycles. The average molecular weight is 212 g/mol. The second kappa shape index (κ2) is 4.77. The van der Waals surface area contributed by atoms with Crippen LogP contribution in [0.3, 0.4) is 0 Å². The molecule has 1 amide bonds. The predicted octanol–water partition coefficient (Wildman–Crippen LogP) is 1.71. The zero-order valence-electron chi connectivity index (χ0n) is 9.37. The number of amides is 1. The van der Waals surface area contributed by atoms with Crippen molar-refractivity contribution in [1.29, 1.82) is 0 Å². The van der Waals surface area contributed by atoms with Gasteiger partial charge in [0.2, 0.25) is 0 Å². The van der Waals surface area contributed by atoms with Crippen LogP contribution in [0.2, 0.25) is 0 Å². The number of aromatic amines is 1. The standard InChI is InChI=1S/C9H16N4O2/c1-5(2)7(4)15-9(14)10-8-6(3)11-13-12-8/h5,7H,1-4H3,(H2,10,11,12,13,14)/t7-/m1/s1. The lowest BCUT2D eigenvalue weighted by Crippen LogP contribution is -2.24. The fourth-order valence-corrected chi connectivity index (χ4v) is 0.833. The normalized spacial score (nSPS) is 12.6. The highest BCUT2D eigenvalue weighted by molar-refractivity contribution is 5.83. The molecule has 0 fully saturated rings. The highest BCUT2D eigenvalue weighted by Gasteiger charge is 2.14. The number of nitrogens with zero attached hydrogens (tertiary/aromatic N) is 2. The lowest BCUT2D eigenvalue weighted by molar-refractivity contribution is 0.0939. The summed E-state index contributed by atoms with van der Waals surface area (Å²) in [5.74, 6) is 0.685. The molecule has 1 rings (SSSR count). The molecule has 0 spiro atoms. The van der Waals surface area contributed by atoms with Gasteiger partial charge in [-0.3, -0.25) is 5.32 Å². The average Bonchev–Trinajstić information content (AvgIpc) is 2.51. The second-order valence-electron chi connectivity index (χ2n) is 3.74. The molecule has 6 heteroatoms. The molecule has 2 N–H and O–H groups in total. The molecule has 0 radical (unpaired) electrons. The molecule has 0 aliphatic rings. The number of carbonyl (C=O) groups is 1. The Morgan fingerprint density at radius 2 is 2.07 bits per heavy atom. The molecule has 0 aliphatic carbocycles. The lowest BCUT2D eigenvalue weighted by Gasteiger charge is -2.16. The lowest BCUT2D eigenvalue weighted by atomic mass is 10.1. The third kappa shape index (κ3) is 3.23. The van der Waals surface area contributed by atoms with Gasteiger partial charge in [-0.1, -0.05) is 13.8 Å². The Morgan fingerprint density at radius 1 is 1.40 bits per heavy atom. The second-order valence-corrected chi connectivity index (χ2v) is 3.74. The van der Waals surface area contributed by atoms with E-state index < -0.39 is 6.09 Å². The summed E-state index contributed by atoms with van der Waals surface area (Å²) in [6.07, 6.45) is -0.634. The van der Waals surface area contributed by atoms with E-state index in [1.54, 1.807) is 6.92 Å². The van der Waals surface area contributed by atoms with Gasteiger partial charge in [-0.25, -0.2) is 4.79 Å². The minimum atomic E-state index is -0.506. The first kappa shape index (κ1) is 11.5. The van der Waals surface area contributed by atoms with Crippen LogP contribution in [0.1, 0.15) is 26.5 Å². The minimum absolute atomic E-state index is 0.128. The molecule has 1 aromatic heterocycles. The summed E-state index contributed by atoms with van der Waals surface area (Å²) >= 11 is 0. The van der Waals surface area contributed by atoms with Crippen LogP contribution < -0.4 is 5.32 Å². The van der Waals surface area contributed by atoms with E-state index in [1.165, 1.54) is 0 Å². The largest absolute Gasteiger partial charge is 0.446 e. The molecule has 15 heavy (non-hydrogen) atoms. The predicted molar refractivity (Wildman–Crippen MR) is 55.5 cm³/mol. The van der Waals surface area contributed by atoms with E-state index >= 15 is 0 Å². The van der Waals surface area contributed by atoms with E-state index in [0.717, 1.165) is 0 Å². The molecular formula is C9H16N4O2. The van der Waals surface area contributed by atoms with Crippen molar-refractivity contribution in [2.24, 2.45) is 5.92 Å². The van der Waals surface area contributed by atoms with Gasteiger partial charge in [0, 0.05) is 0 Å². The van der Waals surface area contributed by atoms with Crippen molar-refractivity contribution in [3.63, 3.8) is 0 Å². The number of aryl methyl sites for hydroxylation is 1. The molecule has 0 saturated heterocycles. The van der Waals surface area contributed by atoms with Crippen LogP contribution in [-0.4, -0.2) is 27.6 Å². The van der Waals surface area contributed by atoms with E-state index in [4.69, 9.17) is 4.74 Å². The Labute approximate surface area is 88.4 Å². The molecule has 6 nitrogen and oxygen atoms in total. The SMILES string of the molecule is Cc1n[nH]nc1NC(=O)O[C@H](C)C(C)C. The van der Waals surface area contributed by atoms with Crippen molar-refractivity contribution < 1.29 is 9.53 Å². The van der Waals surface area contributed by atoms with Gasteiger partial charge in [-0.15, -0.1) is 5.10 Å². The number of hydrogen-bond donors (Lipinski definition) is 2. The maximum absolute atomic E-state index is 11.4. The van der Waals surface area contributed by atoms with Crippen LogP contribution >= 0.6 is 0 Å². The minimum Gasteiger partial charge on any atom is -0.446 e. The molecule has 84 valence electrons. The van der Waals surface area contributed by atoms with Gasteiger partial charge in [0.05, 0.1) is 0 Å². The summed E-state index contributed by atoms with van der Waals surface area (Å²) in [7, 11) is 0. The van der Waals surface area contributed by atoms with Crippen LogP contribution in [-0.2, 0) is 4.74 Å². The smallest absolute Gasteiger partial charge is 0.413 e. The fraction of sp³-hybridized carbons (Fsp3) is 0.667. The van der Waals surface area contributed by atoms with E-state index in [9.17, 15) is 4.79 Å². The van der Waals surface area contributed by atoms with Crippen LogP contribution in [0.5, 0.6) is 0 Å². The van der Waals surface area contributed by atoms with Crippen molar-refractivity contribution in [3.8, 4) is 0 Å². The first-order valence-corrected chi connectivity index (χ1v) is 4.85. The van der Waals surface area contributed by atoms with Crippen molar-refractivity contribution in [1.82, 2.24) is 15.4 Å². The summed E-state index contributed by atoms with van der Waals surface area (Å²) in [5.41, 5.74) is 0.629. The van der Waals surface area contributed by atoms with Gasteiger partial charge in [-0.2, -0.15) is 10.3 Å². The van der Waals surface area contributed by atoms with Crippen LogP contribution in [0.25, 0.3) is 0 Å². The Morgan fingerprint density at radius 3 is 2.53 bits per heavy atom. The van der Waals surface area contributed by atoms with Gasteiger partial charge < -0.3 is 4.74 Å². The maximum atomic E-state index is 11.4. The van der Waals surface area contributed by atoms with Crippen LogP contribution in [0.15, 0.2) is 0 Å². The summed E-state index contributed by atoms with van der Waals surface area (Å²) in [6, 6.07) is 0. The number of ether oxygens (including phenoxy) is 1. The van der Waals surface area contributed by atoms with Gasteiger partial charge in [-0.05, 0) is 19.8 Å². The van der Waals surface area contributed by atoms with Gasteiger partial charge >= 0.3 is 6.09 Å². The molecular weight excluding hydrogens is 196 g/mol. The molecule has 1 heterocycles. The molecule has 0 bridgehead atoms. The molecule has 0 aromatic carbocycles. The van der Waals surface area contributed by atoms with Crippen molar-refractivity contribution in [2.75, 3.05) is 5.32 Å². The Balaban J connectivity index is 2.47. The summed E-state index contributed by atoms with van der Waals surface area (Å²) < 4.78 is 5.11. The van der Waals surface area contributed by atoms with Gasteiger partial charge in [0.25, 0.3) is 0 Å². The quantitative estimate of drug-likeness (QED) is 0.799. The Bertz CT molecular complexity index is 335. The zero-order chi connectivity index (χ0) is 11.4. The third-order valence-electron chi connectivity index (χ3n) is 2.17. The third-order valence-corrected chi connectivity index (χ3v) is 2.17. The summed E-state index contributed by atoms with van der Waals surface area (Å²) in [5, 5.41) is 12.5. The first-order chi connectivity index (χ1) is 7.00. The van der Waals surface area contributed by atoms with Crippen LogP contribution in [0, 0.1) is 12.8 Å². The molecule has 0 unspecified atom stereocenters. The van der Waals surface area contributed by atoms with Crippen LogP contribution in [0.4, 0.5) is 10.6 Å². The van der Waals surface area contributed by atoms with E-state index in [1.807, 2.05) is 20.8 Å². The molecule has 1 atom stereocenters. The fourth-order valence-electron chi connectivity index (χ4n) is 0.833. The number of nitrogens with one attached hydrogen (secondary N) is 2. The highest BCUT2D eigenvalue weighted by Crippen LogP contribution is 2.09. The number of H-pyrrole nitrogens is 1. The summed E-state index contributed by atoms with van der Waals surface area (Å²) in [6.45, 7) is 7.56. The van der Waals surface area contributed by atoms with E-state index in [0.29, 0.717) is 11.5 Å². The number of aromatic nitrogens is 3. The topological polar surface area (TPSA) is 79.9 Å². The zero-order valence-corrected chi connectivity index (χ0v) is 9.37. The maximum Gasteiger partial charge on any atom is 0.413 e.